The molecule has 1 fully saturated rings. The van der Waals surface area contributed by atoms with Crippen LogP contribution in [0.15, 0.2) is 24.3 Å². The second kappa shape index (κ2) is 5.00. The number of rotatable bonds is 3. The lowest BCUT2D eigenvalue weighted by atomic mass is 10.1. The van der Waals surface area contributed by atoms with Crippen molar-refractivity contribution in [3.05, 3.63) is 29.8 Å². The molecule has 0 aromatic heterocycles. The van der Waals surface area contributed by atoms with E-state index in [1.54, 1.807) is 24.3 Å². The first kappa shape index (κ1) is 12.9. The van der Waals surface area contributed by atoms with Crippen molar-refractivity contribution < 1.29 is 18.0 Å². The van der Waals surface area contributed by atoms with Gasteiger partial charge in [-0.3, -0.25) is 4.79 Å². The summed E-state index contributed by atoms with van der Waals surface area (Å²) in [6.07, 6.45) is -3.03. The Bertz CT molecular complexity index is 419. The van der Waals surface area contributed by atoms with Crippen LogP contribution in [-0.4, -0.2) is 25.0 Å². The molecule has 2 rings (SSSR count). The number of carbonyl (C=O) groups excluding carboxylic acids is 1. The highest BCUT2D eigenvalue weighted by molar-refractivity contribution is 5.86. The van der Waals surface area contributed by atoms with Gasteiger partial charge in [0, 0.05) is 25.2 Å². The number of Topliss-reactive ketones (excluding diaryl/α,β-unsaturated/α-hetero) is 1. The van der Waals surface area contributed by atoms with E-state index in [1.165, 1.54) is 0 Å². The van der Waals surface area contributed by atoms with Crippen molar-refractivity contribution in [1.82, 2.24) is 0 Å². The maximum absolute atomic E-state index is 12.1. The third-order valence-corrected chi connectivity index (χ3v) is 3.09. The number of alkyl halides is 3. The van der Waals surface area contributed by atoms with E-state index in [-0.39, 0.29) is 0 Å². The zero-order valence-corrected chi connectivity index (χ0v) is 9.83. The van der Waals surface area contributed by atoms with Gasteiger partial charge in [-0.2, -0.15) is 13.2 Å². The molecule has 0 N–H and O–H groups in total. The summed E-state index contributed by atoms with van der Waals surface area (Å²) < 4.78 is 36.3. The fourth-order valence-corrected chi connectivity index (χ4v) is 2.09. The Labute approximate surface area is 103 Å². The molecule has 1 saturated heterocycles. The van der Waals surface area contributed by atoms with Crippen molar-refractivity contribution in [1.29, 1.82) is 0 Å². The number of hydrogen-bond donors (Lipinski definition) is 0. The second-order valence-electron chi connectivity index (χ2n) is 4.46. The Morgan fingerprint density at radius 1 is 1.11 bits per heavy atom. The van der Waals surface area contributed by atoms with Crippen molar-refractivity contribution in [2.75, 3.05) is 18.0 Å². The van der Waals surface area contributed by atoms with Crippen LogP contribution in [0.1, 0.15) is 18.4 Å². The normalized spacial score (nSPS) is 16.1. The number of anilines is 1. The van der Waals surface area contributed by atoms with Crippen molar-refractivity contribution in [3.63, 3.8) is 0 Å². The van der Waals surface area contributed by atoms with Gasteiger partial charge in [-0.25, -0.2) is 0 Å². The average molecular weight is 257 g/mol. The first-order valence-corrected chi connectivity index (χ1v) is 5.91. The molecule has 0 saturated carbocycles. The van der Waals surface area contributed by atoms with Gasteiger partial charge in [0.05, 0.1) is 0 Å². The Morgan fingerprint density at radius 2 is 1.67 bits per heavy atom. The number of nitrogens with zero attached hydrogens (tertiary/aromatic N) is 1. The molecule has 1 aromatic carbocycles. The summed E-state index contributed by atoms with van der Waals surface area (Å²) in [5, 5.41) is 0. The third-order valence-electron chi connectivity index (χ3n) is 3.09. The van der Waals surface area contributed by atoms with Gasteiger partial charge < -0.3 is 4.90 Å². The molecule has 0 spiro atoms. The van der Waals surface area contributed by atoms with Crippen LogP contribution < -0.4 is 4.90 Å². The van der Waals surface area contributed by atoms with Crippen LogP contribution in [0.2, 0.25) is 0 Å². The molecule has 0 unspecified atom stereocenters. The standard InChI is InChI=1S/C13H14F3NO/c14-13(15,16)12(18)9-10-3-5-11(6-4-10)17-7-1-2-8-17/h3-6H,1-2,7-9H2. The molecule has 0 bridgehead atoms. The van der Waals surface area contributed by atoms with Crippen LogP contribution in [-0.2, 0) is 11.2 Å². The number of carbonyl (C=O) groups is 1. The molecule has 0 aliphatic carbocycles. The maximum atomic E-state index is 12.1. The molecule has 0 amide bonds. The highest BCUT2D eigenvalue weighted by atomic mass is 19.4. The molecule has 1 aromatic rings. The second-order valence-corrected chi connectivity index (χ2v) is 4.46. The molecule has 2 nitrogen and oxygen atoms in total. The molecule has 98 valence electrons. The van der Waals surface area contributed by atoms with Gasteiger partial charge >= 0.3 is 6.18 Å². The average Bonchev–Trinajstić information content (AvgIpc) is 2.82. The first-order valence-electron chi connectivity index (χ1n) is 5.91. The van der Waals surface area contributed by atoms with Gasteiger partial charge in [0.1, 0.15) is 0 Å². The van der Waals surface area contributed by atoms with Gasteiger partial charge in [-0.15, -0.1) is 0 Å². The van der Waals surface area contributed by atoms with Gasteiger partial charge in [0.15, 0.2) is 0 Å². The van der Waals surface area contributed by atoms with E-state index in [2.05, 4.69) is 4.90 Å². The summed E-state index contributed by atoms with van der Waals surface area (Å²) in [4.78, 5) is 13.0. The van der Waals surface area contributed by atoms with Crippen molar-refractivity contribution in [2.24, 2.45) is 0 Å². The molecule has 5 heteroatoms. The summed E-state index contributed by atoms with van der Waals surface area (Å²) >= 11 is 0. The van der Waals surface area contributed by atoms with Crippen molar-refractivity contribution in [3.8, 4) is 0 Å². The first-order chi connectivity index (χ1) is 8.47. The van der Waals surface area contributed by atoms with E-state index < -0.39 is 18.4 Å². The van der Waals surface area contributed by atoms with Crippen LogP contribution in [0.25, 0.3) is 0 Å². The zero-order valence-electron chi connectivity index (χ0n) is 9.83. The summed E-state index contributed by atoms with van der Waals surface area (Å²) in [7, 11) is 0. The minimum Gasteiger partial charge on any atom is -0.372 e. The quantitative estimate of drug-likeness (QED) is 0.829. The zero-order chi connectivity index (χ0) is 13.2. The van der Waals surface area contributed by atoms with Gasteiger partial charge in [0.2, 0.25) is 5.78 Å². The van der Waals surface area contributed by atoms with Crippen molar-refractivity contribution >= 4 is 11.5 Å². The smallest absolute Gasteiger partial charge is 0.372 e. The summed E-state index contributed by atoms with van der Waals surface area (Å²) in [6, 6.07) is 6.75. The van der Waals surface area contributed by atoms with E-state index in [4.69, 9.17) is 0 Å². The fraction of sp³-hybridized carbons (Fsp3) is 0.462. The highest BCUT2D eigenvalue weighted by Crippen LogP contribution is 2.22. The minimum absolute atomic E-state index is 0.403. The van der Waals surface area contributed by atoms with E-state index in [0.717, 1.165) is 31.6 Å². The van der Waals surface area contributed by atoms with Crippen LogP contribution in [0.4, 0.5) is 18.9 Å². The summed E-state index contributed by atoms with van der Waals surface area (Å²) in [5.41, 5.74) is 1.41. The van der Waals surface area contributed by atoms with E-state index in [0.29, 0.717) is 5.56 Å². The lowest BCUT2D eigenvalue weighted by molar-refractivity contribution is -0.170. The maximum Gasteiger partial charge on any atom is 0.450 e. The molecule has 0 atom stereocenters. The monoisotopic (exact) mass is 257 g/mol. The molecule has 18 heavy (non-hydrogen) atoms. The topological polar surface area (TPSA) is 20.3 Å². The number of benzene rings is 1. The highest BCUT2D eigenvalue weighted by Gasteiger charge is 2.37. The van der Waals surface area contributed by atoms with Crippen LogP contribution in [0, 0.1) is 0 Å². The largest absolute Gasteiger partial charge is 0.450 e. The number of ketones is 1. The molecule has 1 heterocycles. The Kier molecular flexibility index (Phi) is 3.59. The number of hydrogen-bond acceptors (Lipinski definition) is 2. The summed E-state index contributed by atoms with van der Waals surface area (Å²) in [6.45, 7) is 1.97. The fourth-order valence-electron chi connectivity index (χ4n) is 2.09. The lowest BCUT2D eigenvalue weighted by Crippen LogP contribution is -2.24. The molecular formula is C13H14F3NO. The molecule has 1 aliphatic rings. The van der Waals surface area contributed by atoms with E-state index in [1.807, 2.05) is 0 Å². The Hall–Kier alpha value is -1.52. The van der Waals surface area contributed by atoms with Gasteiger partial charge in [-0.1, -0.05) is 12.1 Å². The van der Waals surface area contributed by atoms with Crippen molar-refractivity contribution in [2.45, 2.75) is 25.4 Å². The van der Waals surface area contributed by atoms with Gasteiger partial charge in [-0.05, 0) is 30.5 Å². The van der Waals surface area contributed by atoms with E-state index >= 15 is 0 Å². The predicted octanol–water partition coefficient (Wildman–Crippen LogP) is 2.96. The van der Waals surface area contributed by atoms with Crippen LogP contribution in [0.3, 0.4) is 0 Å². The van der Waals surface area contributed by atoms with E-state index in [9.17, 15) is 18.0 Å². The predicted molar refractivity (Wildman–Crippen MR) is 62.7 cm³/mol. The Balaban J connectivity index is 2.01. The van der Waals surface area contributed by atoms with Gasteiger partial charge in [0.25, 0.3) is 0 Å². The molecule has 0 radical (unpaired) electrons. The number of halogens is 3. The molecule has 1 aliphatic heterocycles. The van der Waals surface area contributed by atoms with Crippen LogP contribution >= 0.6 is 0 Å². The lowest BCUT2D eigenvalue weighted by Gasteiger charge is -2.17. The molecular weight excluding hydrogens is 243 g/mol. The minimum atomic E-state index is -4.74. The SMILES string of the molecule is O=C(Cc1ccc(N2CCCC2)cc1)C(F)(F)F. The third kappa shape index (κ3) is 3.03. The van der Waals surface area contributed by atoms with Crippen LogP contribution in [0.5, 0.6) is 0 Å². The Morgan fingerprint density at radius 3 is 2.17 bits per heavy atom. The summed E-state index contributed by atoms with van der Waals surface area (Å²) in [5.74, 6) is -1.70.